The van der Waals surface area contributed by atoms with Crippen LogP contribution in [-0.2, 0) is 13.0 Å². The van der Waals surface area contributed by atoms with E-state index in [0.717, 1.165) is 24.9 Å². The smallest absolute Gasteiger partial charge is 0.201 e. The zero-order valence-corrected chi connectivity index (χ0v) is 13.0. The molecule has 0 radical (unpaired) electrons. The molecular weight excluding hydrogens is 333 g/mol. The number of aromatic nitrogens is 2. The zero-order valence-electron chi connectivity index (χ0n) is 11.4. The molecule has 3 nitrogen and oxygen atoms in total. The van der Waals surface area contributed by atoms with E-state index < -0.39 is 0 Å². The predicted octanol–water partition coefficient (Wildman–Crippen LogP) is 4.15. The number of nitrogens with two attached hydrogens (primary N) is 1. The number of hydrogen-bond acceptors (Lipinski definition) is 2. The summed E-state index contributed by atoms with van der Waals surface area (Å²) < 4.78 is 15.9. The van der Waals surface area contributed by atoms with Crippen molar-refractivity contribution in [3.8, 4) is 0 Å². The SMILES string of the molecule is Nc1nc2cc(F)c(Br)cc2n1CCCc1ccccc1. The van der Waals surface area contributed by atoms with Crippen LogP contribution < -0.4 is 5.73 Å². The summed E-state index contributed by atoms with van der Waals surface area (Å²) in [6.07, 6.45) is 1.93. The Bertz CT molecular complexity index is 768. The van der Waals surface area contributed by atoms with Crippen molar-refractivity contribution in [3.63, 3.8) is 0 Å². The second-order valence-corrected chi connectivity index (χ2v) is 5.82. The van der Waals surface area contributed by atoms with Crippen LogP contribution in [0.5, 0.6) is 0 Å². The predicted molar refractivity (Wildman–Crippen MR) is 86.6 cm³/mol. The molecule has 1 heterocycles. The first-order chi connectivity index (χ1) is 10.1. The minimum atomic E-state index is -0.323. The van der Waals surface area contributed by atoms with Crippen LogP contribution in [-0.4, -0.2) is 9.55 Å². The second-order valence-electron chi connectivity index (χ2n) is 4.97. The van der Waals surface area contributed by atoms with Crippen LogP contribution >= 0.6 is 15.9 Å². The molecule has 3 rings (SSSR count). The van der Waals surface area contributed by atoms with Crippen LogP contribution in [0.15, 0.2) is 46.9 Å². The normalized spacial score (nSPS) is 11.1. The number of aryl methyl sites for hydroxylation is 2. The van der Waals surface area contributed by atoms with Gasteiger partial charge in [-0.3, -0.25) is 0 Å². The van der Waals surface area contributed by atoms with Gasteiger partial charge in [-0.25, -0.2) is 9.37 Å². The summed E-state index contributed by atoms with van der Waals surface area (Å²) >= 11 is 3.21. The molecule has 2 N–H and O–H groups in total. The average molecular weight is 348 g/mol. The average Bonchev–Trinajstić information content (AvgIpc) is 2.76. The molecular formula is C16H15BrFN3. The van der Waals surface area contributed by atoms with Gasteiger partial charge in [-0.05, 0) is 40.4 Å². The third-order valence-corrected chi connectivity index (χ3v) is 4.12. The van der Waals surface area contributed by atoms with Crippen LogP contribution in [0, 0.1) is 5.82 Å². The maximum Gasteiger partial charge on any atom is 0.201 e. The number of fused-ring (bicyclic) bond motifs is 1. The standard InChI is InChI=1S/C16H15BrFN3/c17-12-9-15-14(10-13(12)18)20-16(19)21(15)8-4-7-11-5-2-1-3-6-11/h1-3,5-6,9-10H,4,7-8H2,(H2,19,20). The second kappa shape index (κ2) is 5.85. The van der Waals surface area contributed by atoms with Crippen LogP contribution in [0.3, 0.4) is 0 Å². The highest BCUT2D eigenvalue weighted by Crippen LogP contribution is 2.25. The molecule has 0 saturated carbocycles. The summed E-state index contributed by atoms with van der Waals surface area (Å²) in [6.45, 7) is 0.759. The van der Waals surface area contributed by atoms with Gasteiger partial charge in [0.15, 0.2) is 0 Å². The number of hydrogen-bond donors (Lipinski definition) is 1. The number of nitrogens with zero attached hydrogens (tertiary/aromatic N) is 2. The van der Waals surface area contributed by atoms with Gasteiger partial charge in [0.05, 0.1) is 15.5 Å². The number of halogens is 2. The molecule has 0 aliphatic rings. The molecule has 1 aromatic heterocycles. The van der Waals surface area contributed by atoms with E-state index in [0.29, 0.717) is 15.9 Å². The van der Waals surface area contributed by atoms with Crippen molar-refractivity contribution in [1.82, 2.24) is 9.55 Å². The number of anilines is 1. The monoisotopic (exact) mass is 347 g/mol. The van der Waals surface area contributed by atoms with Crippen LogP contribution in [0.1, 0.15) is 12.0 Å². The largest absolute Gasteiger partial charge is 0.369 e. The summed E-state index contributed by atoms with van der Waals surface area (Å²) in [6, 6.07) is 13.5. The van der Waals surface area contributed by atoms with E-state index in [1.165, 1.54) is 11.6 Å². The van der Waals surface area contributed by atoms with Gasteiger partial charge in [-0.2, -0.15) is 0 Å². The molecule has 0 saturated heterocycles. The highest BCUT2D eigenvalue weighted by Gasteiger charge is 2.11. The van der Waals surface area contributed by atoms with Crippen molar-refractivity contribution < 1.29 is 4.39 Å². The molecule has 0 aliphatic heterocycles. The first-order valence-corrected chi connectivity index (χ1v) is 7.59. The van der Waals surface area contributed by atoms with Gasteiger partial charge < -0.3 is 10.3 Å². The van der Waals surface area contributed by atoms with Crippen molar-refractivity contribution in [2.75, 3.05) is 5.73 Å². The number of nitrogen functional groups attached to an aromatic ring is 1. The van der Waals surface area contributed by atoms with Crippen molar-refractivity contribution in [3.05, 3.63) is 58.3 Å². The minimum absolute atomic E-state index is 0.323. The van der Waals surface area contributed by atoms with E-state index in [2.05, 4.69) is 33.0 Å². The molecule has 0 unspecified atom stereocenters. The molecule has 0 spiro atoms. The van der Waals surface area contributed by atoms with Gasteiger partial charge >= 0.3 is 0 Å². The molecule has 0 aliphatic carbocycles. The van der Waals surface area contributed by atoms with E-state index >= 15 is 0 Å². The summed E-state index contributed by atoms with van der Waals surface area (Å²) in [4.78, 5) is 4.22. The Balaban J connectivity index is 1.80. The Hall–Kier alpha value is -1.88. The third-order valence-electron chi connectivity index (χ3n) is 3.51. The van der Waals surface area contributed by atoms with Crippen molar-refractivity contribution in [2.45, 2.75) is 19.4 Å². The molecule has 3 aromatic rings. The Kier molecular flexibility index (Phi) is 3.92. The molecule has 21 heavy (non-hydrogen) atoms. The Morgan fingerprint density at radius 3 is 2.71 bits per heavy atom. The molecule has 0 bridgehead atoms. The summed E-state index contributed by atoms with van der Waals surface area (Å²) in [5.41, 5.74) is 8.69. The lowest BCUT2D eigenvalue weighted by Crippen LogP contribution is -2.04. The topological polar surface area (TPSA) is 43.8 Å². The summed E-state index contributed by atoms with van der Waals surface area (Å²) in [5.74, 6) is 0.104. The van der Waals surface area contributed by atoms with E-state index in [1.807, 2.05) is 22.8 Å². The number of imidazole rings is 1. The zero-order chi connectivity index (χ0) is 14.8. The highest BCUT2D eigenvalue weighted by atomic mass is 79.9. The lowest BCUT2D eigenvalue weighted by atomic mass is 10.1. The molecule has 0 atom stereocenters. The quantitative estimate of drug-likeness (QED) is 0.770. The maximum absolute atomic E-state index is 13.5. The van der Waals surface area contributed by atoms with Crippen LogP contribution in [0.2, 0.25) is 0 Å². The summed E-state index contributed by atoms with van der Waals surface area (Å²) in [7, 11) is 0. The maximum atomic E-state index is 13.5. The van der Waals surface area contributed by atoms with E-state index in [4.69, 9.17) is 5.73 Å². The molecule has 108 valence electrons. The molecule has 5 heteroatoms. The molecule has 2 aromatic carbocycles. The lowest BCUT2D eigenvalue weighted by Gasteiger charge is -2.07. The highest BCUT2D eigenvalue weighted by molar-refractivity contribution is 9.10. The van der Waals surface area contributed by atoms with Gasteiger partial charge in [0.25, 0.3) is 0 Å². The van der Waals surface area contributed by atoms with E-state index in [-0.39, 0.29) is 5.82 Å². The van der Waals surface area contributed by atoms with Gasteiger partial charge in [0.1, 0.15) is 5.82 Å². The van der Waals surface area contributed by atoms with Gasteiger partial charge in [0, 0.05) is 12.6 Å². The fraction of sp³-hybridized carbons (Fsp3) is 0.188. The van der Waals surface area contributed by atoms with Crippen molar-refractivity contribution in [1.29, 1.82) is 0 Å². The number of benzene rings is 2. The lowest BCUT2D eigenvalue weighted by molar-refractivity contribution is 0.622. The minimum Gasteiger partial charge on any atom is -0.369 e. The Morgan fingerprint density at radius 1 is 1.19 bits per heavy atom. The van der Waals surface area contributed by atoms with Crippen LogP contribution in [0.4, 0.5) is 10.3 Å². The Labute approximate surface area is 130 Å². The van der Waals surface area contributed by atoms with Gasteiger partial charge in [0.2, 0.25) is 5.95 Å². The third kappa shape index (κ3) is 2.93. The molecule has 0 amide bonds. The summed E-state index contributed by atoms with van der Waals surface area (Å²) in [5, 5.41) is 0. The van der Waals surface area contributed by atoms with Gasteiger partial charge in [-0.15, -0.1) is 0 Å². The first kappa shape index (κ1) is 14.1. The van der Waals surface area contributed by atoms with E-state index in [9.17, 15) is 4.39 Å². The van der Waals surface area contributed by atoms with Crippen molar-refractivity contribution >= 4 is 32.9 Å². The van der Waals surface area contributed by atoms with Crippen LogP contribution in [0.25, 0.3) is 11.0 Å². The van der Waals surface area contributed by atoms with Crippen molar-refractivity contribution in [2.24, 2.45) is 0 Å². The fourth-order valence-electron chi connectivity index (χ4n) is 2.46. The van der Waals surface area contributed by atoms with Gasteiger partial charge in [-0.1, -0.05) is 30.3 Å². The fourth-order valence-corrected chi connectivity index (χ4v) is 2.79. The Morgan fingerprint density at radius 2 is 1.95 bits per heavy atom. The number of rotatable bonds is 4. The first-order valence-electron chi connectivity index (χ1n) is 6.80. The molecule has 0 fully saturated rings. The van der Waals surface area contributed by atoms with E-state index in [1.54, 1.807) is 6.07 Å².